The molecule has 2 aromatic rings. The number of carbonyl (C=O) groups is 1. The Balaban J connectivity index is 1.49. The van der Waals surface area contributed by atoms with Crippen molar-refractivity contribution in [1.29, 1.82) is 0 Å². The summed E-state index contributed by atoms with van der Waals surface area (Å²) in [7, 11) is 0. The first-order valence-electron chi connectivity index (χ1n) is 6.25. The molecule has 98 valence electrons. The molecule has 3 rings (SSSR count). The number of thiazole rings is 1. The minimum Gasteiger partial charge on any atom is -0.347 e. The Bertz CT molecular complexity index is 582. The molecule has 0 aliphatic heterocycles. The molecule has 1 aliphatic carbocycles. The quantitative estimate of drug-likeness (QED) is 0.857. The molecule has 0 saturated heterocycles. The van der Waals surface area contributed by atoms with Crippen molar-refractivity contribution in [3.8, 4) is 0 Å². The third-order valence-corrected chi connectivity index (χ3v) is 4.78. The summed E-state index contributed by atoms with van der Waals surface area (Å²) in [6.45, 7) is 0.511. The van der Waals surface area contributed by atoms with Crippen LogP contribution in [0.2, 0.25) is 0 Å². The van der Waals surface area contributed by atoms with Gasteiger partial charge in [0.05, 0.1) is 17.2 Å². The molecule has 2 aromatic heterocycles. The summed E-state index contributed by atoms with van der Waals surface area (Å²) in [5.74, 6) is 0.613. The number of hydrogen-bond donors (Lipinski definition) is 1. The Labute approximate surface area is 120 Å². The van der Waals surface area contributed by atoms with Crippen LogP contribution in [-0.4, -0.2) is 10.9 Å². The molecule has 3 nitrogen and oxygen atoms in total. The summed E-state index contributed by atoms with van der Waals surface area (Å²) in [5, 5.41) is 8.11. The standard InChI is InChI=1S/C14H14N2OS2/c17-13(6-5-12-2-1-7-18-12)15-8-11-9-19-14(16-11)10-3-4-10/h1-2,5-7,9-10H,3-4,8H2,(H,15,17)/b6-5+. The zero-order valence-corrected chi connectivity index (χ0v) is 12.0. The van der Waals surface area contributed by atoms with Gasteiger partial charge in [0.1, 0.15) is 0 Å². The molecule has 1 aliphatic rings. The summed E-state index contributed by atoms with van der Waals surface area (Å²) in [6.07, 6.45) is 5.93. The van der Waals surface area contributed by atoms with E-state index in [1.165, 1.54) is 17.8 Å². The van der Waals surface area contributed by atoms with E-state index in [9.17, 15) is 4.79 Å². The first-order valence-corrected chi connectivity index (χ1v) is 8.01. The van der Waals surface area contributed by atoms with Gasteiger partial charge in [-0.3, -0.25) is 4.79 Å². The van der Waals surface area contributed by atoms with Crippen molar-refractivity contribution in [3.63, 3.8) is 0 Å². The summed E-state index contributed by atoms with van der Waals surface area (Å²) in [5.41, 5.74) is 0.963. The van der Waals surface area contributed by atoms with E-state index in [-0.39, 0.29) is 5.91 Å². The van der Waals surface area contributed by atoms with Gasteiger partial charge in [-0.25, -0.2) is 4.98 Å². The molecule has 0 aromatic carbocycles. The molecule has 2 heterocycles. The first kappa shape index (κ1) is 12.6. The number of nitrogens with zero attached hydrogens (tertiary/aromatic N) is 1. The number of amides is 1. The molecular weight excluding hydrogens is 276 g/mol. The maximum atomic E-state index is 11.6. The van der Waals surface area contributed by atoms with Crippen molar-refractivity contribution in [2.75, 3.05) is 0 Å². The van der Waals surface area contributed by atoms with Crippen LogP contribution in [0, 0.1) is 0 Å². The van der Waals surface area contributed by atoms with E-state index in [0.717, 1.165) is 10.6 Å². The third-order valence-electron chi connectivity index (χ3n) is 2.88. The van der Waals surface area contributed by atoms with Gasteiger partial charge in [0.2, 0.25) is 5.91 Å². The Hall–Kier alpha value is -1.46. The zero-order chi connectivity index (χ0) is 13.1. The molecule has 0 radical (unpaired) electrons. The number of aromatic nitrogens is 1. The van der Waals surface area contributed by atoms with Gasteiger partial charge in [-0.2, -0.15) is 0 Å². The average Bonchev–Trinajstić information content (AvgIpc) is 2.95. The van der Waals surface area contributed by atoms with Crippen molar-refractivity contribution in [1.82, 2.24) is 10.3 Å². The molecule has 0 unspecified atom stereocenters. The van der Waals surface area contributed by atoms with Crippen LogP contribution in [0.3, 0.4) is 0 Å². The lowest BCUT2D eigenvalue weighted by atomic mass is 10.4. The Kier molecular flexibility index (Phi) is 3.75. The molecular formula is C14H14N2OS2. The number of hydrogen-bond acceptors (Lipinski definition) is 4. The normalized spacial score (nSPS) is 14.9. The van der Waals surface area contributed by atoms with Gasteiger partial charge in [-0.15, -0.1) is 22.7 Å². The van der Waals surface area contributed by atoms with Crippen LogP contribution in [0.1, 0.15) is 34.3 Å². The Morgan fingerprint density at radius 3 is 3.11 bits per heavy atom. The fourth-order valence-corrected chi connectivity index (χ4v) is 3.31. The Morgan fingerprint density at radius 1 is 1.47 bits per heavy atom. The van der Waals surface area contributed by atoms with E-state index in [1.807, 2.05) is 29.0 Å². The zero-order valence-electron chi connectivity index (χ0n) is 10.3. The van der Waals surface area contributed by atoms with E-state index in [1.54, 1.807) is 28.7 Å². The monoisotopic (exact) mass is 290 g/mol. The average molecular weight is 290 g/mol. The molecule has 0 spiro atoms. The SMILES string of the molecule is O=C(/C=C/c1cccs1)NCc1csc(C2CC2)n1. The summed E-state index contributed by atoms with van der Waals surface area (Å²) < 4.78 is 0. The smallest absolute Gasteiger partial charge is 0.244 e. The van der Waals surface area contributed by atoms with Crippen LogP contribution in [0.25, 0.3) is 6.08 Å². The molecule has 1 N–H and O–H groups in total. The van der Waals surface area contributed by atoms with Crippen molar-refractivity contribution >= 4 is 34.7 Å². The number of nitrogens with one attached hydrogen (secondary N) is 1. The molecule has 1 amide bonds. The van der Waals surface area contributed by atoms with Crippen molar-refractivity contribution in [3.05, 3.63) is 44.5 Å². The third kappa shape index (κ3) is 3.52. The molecule has 1 fully saturated rings. The number of thiophene rings is 1. The lowest BCUT2D eigenvalue weighted by molar-refractivity contribution is -0.116. The van der Waals surface area contributed by atoms with E-state index in [2.05, 4.69) is 10.3 Å². The summed E-state index contributed by atoms with van der Waals surface area (Å²) in [6, 6.07) is 3.95. The van der Waals surface area contributed by atoms with E-state index in [4.69, 9.17) is 0 Å². The maximum absolute atomic E-state index is 11.6. The highest BCUT2D eigenvalue weighted by molar-refractivity contribution is 7.10. The van der Waals surface area contributed by atoms with Crippen LogP contribution < -0.4 is 5.32 Å². The van der Waals surface area contributed by atoms with Crippen LogP contribution in [-0.2, 0) is 11.3 Å². The highest BCUT2D eigenvalue weighted by Gasteiger charge is 2.26. The van der Waals surface area contributed by atoms with Gasteiger partial charge in [0, 0.05) is 22.3 Å². The number of rotatable bonds is 5. The first-order chi connectivity index (χ1) is 9.31. The molecule has 0 bridgehead atoms. The van der Waals surface area contributed by atoms with Crippen LogP contribution in [0.15, 0.2) is 29.0 Å². The molecule has 0 atom stereocenters. The van der Waals surface area contributed by atoms with Gasteiger partial charge in [0.15, 0.2) is 0 Å². The van der Waals surface area contributed by atoms with Crippen LogP contribution >= 0.6 is 22.7 Å². The highest BCUT2D eigenvalue weighted by Crippen LogP contribution is 2.41. The summed E-state index contributed by atoms with van der Waals surface area (Å²) in [4.78, 5) is 17.3. The molecule has 1 saturated carbocycles. The van der Waals surface area contributed by atoms with Gasteiger partial charge in [0.25, 0.3) is 0 Å². The van der Waals surface area contributed by atoms with Crippen LogP contribution in [0.5, 0.6) is 0 Å². The highest BCUT2D eigenvalue weighted by atomic mass is 32.1. The van der Waals surface area contributed by atoms with Gasteiger partial charge < -0.3 is 5.32 Å². The Morgan fingerprint density at radius 2 is 2.37 bits per heavy atom. The lowest BCUT2D eigenvalue weighted by Gasteiger charge is -1.98. The predicted octanol–water partition coefficient (Wildman–Crippen LogP) is 3.41. The lowest BCUT2D eigenvalue weighted by Crippen LogP contribution is -2.20. The maximum Gasteiger partial charge on any atom is 0.244 e. The van der Waals surface area contributed by atoms with Gasteiger partial charge in [-0.1, -0.05) is 6.07 Å². The van der Waals surface area contributed by atoms with E-state index >= 15 is 0 Å². The predicted molar refractivity (Wildman–Crippen MR) is 79.3 cm³/mol. The minimum absolute atomic E-state index is 0.0747. The van der Waals surface area contributed by atoms with E-state index < -0.39 is 0 Å². The van der Waals surface area contributed by atoms with Crippen molar-refractivity contribution < 1.29 is 4.79 Å². The largest absolute Gasteiger partial charge is 0.347 e. The molecule has 5 heteroatoms. The van der Waals surface area contributed by atoms with Gasteiger partial charge >= 0.3 is 0 Å². The second kappa shape index (κ2) is 5.67. The summed E-state index contributed by atoms with van der Waals surface area (Å²) >= 11 is 3.32. The van der Waals surface area contributed by atoms with Gasteiger partial charge in [-0.05, 0) is 30.4 Å². The second-order valence-corrected chi connectivity index (χ2v) is 6.39. The van der Waals surface area contributed by atoms with Crippen LogP contribution in [0.4, 0.5) is 0 Å². The van der Waals surface area contributed by atoms with E-state index in [0.29, 0.717) is 12.5 Å². The second-order valence-electron chi connectivity index (χ2n) is 4.52. The topological polar surface area (TPSA) is 42.0 Å². The minimum atomic E-state index is -0.0747. The number of carbonyl (C=O) groups excluding carboxylic acids is 1. The van der Waals surface area contributed by atoms with Crippen molar-refractivity contribution in [2.24, 2.45) is 0 Å². The van der Waals surface area contributed by atoms with Crippen molar-refractivity contribution in [2.45, 2.75) is 25.3 Å². The fourth-order valence-electron chi connectivity index (χ4n) is 1.70. The molecule has 19 heavy (non-hydrogen) atoms. The fraction of sp³-hybridized carbons (Fsp3) is 0.286.